The molecule has 6 heteroatoms. The van der Waals surface area contributed by atoms with Gasteiger partial charge in [-0.25, -0.2) is 4.79 Å². The van der Waals surface area contributed by atoms with E-state index in [-0.39, 0.29) is 0 Å². The van der Waals surface area contributed by atoms with Gasteiger partial charge in [0.15, 0.2) is 12.0 Å². The van der Waals surface area contributed by atoms with Gasteiger partial charge in [-0.2, -0.15) is 0 Å². The van der Waals surface area contributed by atoms with Gasteiger partial charge in [0, 0.05) is 27.1 Å². The molecule has 0 aromatic heterocycles. The van der Waals surface area contributed by atoms with Crippen molar-refractivity contribution in [3.05, 3.63) is 0 Å². The standard InChI is InChI=1S/C8H18N4O2/c1-12(2)8(10)11-5-3-4-6(9)7(13)14/h6H,3-5,9H2,1-2H3,(H2,10,11)(H,13,14)/p+1/t6-/m0/s1. The number of nitrogens with two attached hydrogens (primary N) is 1. The molecule has 0 bridgehead atoms. The summed E-state index contributed by atoms with van der Waals surface area (Å²) in [6, 6.07) is -0.550. The Hall–Kier alpha value is -1.30. The minimum Gasteiger partial charge on any atom is -0.477 e. The lowest BCUT2D eigenvalue weighted by Crippen LogP contribution is -2.64. The third-order valence-electron chi connectivity index (χ3n) is 1.79. The predicted octanol–water partition coefficient (Wildman–Crippen LogP) is -1.66. The predicted molar refractivity (Wildman–Crippen MR) is 53.7 cm³/mol. The van der Waals surface area contributed by atoms with E-state index in [0.717, 1.165) is 0 Å². The summed E-state index contributed by atoms with van der Waals surface area (Å²) >= 11 is 0. The lowest BCUT2D eigenvalue weighted by Gasteiger charge is -2.10. The molecule has 0 aliphatic rings. The molecule has 0 rings (SSSR count). The topological polar surface area (TPSA) is 107 Å². The Bertz CT molecular complexity index is 215. The van der Waals surface area contributed by atoms with Crippen molar-refractivity contribution in [2.75, 3.05) is 20.6 Å². The van der Waals surface area contributed by atoms with Crippen LogP contribution in [-0.4, -0.2) is 48.6 Å². The molecular weight excluding hydrogens is 184 g/mol. The molecule has 0 radical (unpaired) electrons. The van der Waals surface area contributed by atoms with Crippen LogP contribution in [0.25, 0.3) is 0 Å². The fourth-order valence-electron chi connectivity index (χ4n) is 0.796. The van der Waals surface area contributed by atoms with Crippen LogP contribution >= 0.6 is 0 Å². The van der Waals surface area contributed by atoms with Crippen molar-refractivity contribution < 1.29 is 15.6 Å². The van der Waals surface area contributed by atoms with Crippen LogP contribution in [0.15, 0.2) is 4.99 Å². The highest BCUT2D eigenvalue weighted by Crippen LogP contribution is 1.93. The first kappa shape index (κ1) is 12.7. The molecule has 0 amide bonds. The van der Waals surface area contributed by atoms with Crippen molar-refractivity contribution in [3.8, 4) is 0 Å². The Kier molecular flexibility index (Phi) is 5.62. The van der Waals surface area contributed by atoms with Crippen molar-refractivity contribution in [1.82, 2.24) is 4.90 Å². The number of nitrogens with zero attached hydrogens (tertiary/aromatic N) is 2. The first-order chi connectivity index (χ1) is 6.45. The minimum atomic E-state index is -0.866. The summed E-state index contributed by atoms with van der Waals surface area (Å²) in [6.07, 6.45) is 1.22. The van der Waals surface area contributed by atoms with Crippen molar-refractivity contribution in [3.63, 3.8) is 0 Å². The summed E-state index contributed by atoms with van der Waals surface area (Å²) in [5.41, 5.74) is 9.04. The zero-order valence-electron chi connectivity index (χ0n) is 8.73. The fraction of sp³-hybridized carbons (Fsp3) is 0.750. The van der Waals surface area contributed by atoms with Crippen LogP contribution in [0.3, 0.4) is 0 Å². The van der Waals surface area contributed by atoms with E-state index in [0.29, 0.717) is 25.3 Å². The van der Waals surface area contributed by atoms with Gasteiger partial charge in [0.2, 0.25) is 0 Å². The Morgan fingerprint density at radius 1 is 1.64 bits per heavy atom. The zero-order chi connectivity index (χ0) is 11.1. The first-order valence-corrected chi connectivity index (χ1v) is 4.48. The second-order valence-corrected chi connectivity index (χ2v) is 3.31. The molecule has 0 saturated carbocycles. The molecule has 0 heterocycles. The maximum absolute atomic E-state index is 10.4. The van der Waals surface area contributed by atoms with Gasteiger partial charge in [-0.3, -0.25) is 4.99 Å². The highest BCUT2D eigenvalue weighted by Gasteiger charge is 2.13. The molecule has 82 valence electrons. The van der Waals surface area contributed by atoms with Crippen LogP contribution in [0.5, 0.6) is 0 Å². The number of aliphatic carboxylic acids is 1. The number of aliphatic imine (C=N–C) groups is 1. The Morgan fingerprint density at radius 3 is 2.64 bits per heavy atom. The van der Waals surface area contributed by atoms with Crippen molar-refractivity contribution in [2.24, 2.45) is 10.7 Å². The Labute approximate surface area is 83.6 Å². The highest BCUT2D eigenvalue weighted by molar-refractivity contribution is 5.77. The zero-order valence-corrected chi connectivity index (χ0v) is 8.73. The van der Waals surface area contributed by atoms with Gasteiger partial charge in [0.05, 0.1) is 0 Å². The average Bonchev–Trinajstić information content (AvgIpc) is 2.11. The van der Waals surface area contributed by atoms with Crippen molar-refractivity contribution >= 4 is 11.9 Å². The second kappa shape index (κ2) is 6.20. The van der Waals surface area contributed by atoms with E-state index in [1.165, 1.54) is 0 Å². The number of quaternary nitrogens is 1. The number of hydrogen-bond donors (Lipinski definition) is 3. The molecule has 0 unspecified atom stereocenters. The van der Waals surface area contributed by atoms with Crippen LogP contribution in [-0.2, 0) is 4.79 Å². The van der Waals surface area contributed by atoms with Crippen LogP contribution in [0.1, 0.15) is 12.8 Å². The third kappa shape index (κ3) is 5.36. The van der Waals surface area contributed by atoms with Gasteiger partial charge >= 0.3 is 5.97 Å². The van der Waals surface area contributed by atoms with Crippen LogP contribution < -0.4 is 11.5 Å². The first-order valence-electron chi connectivity index (χ1n) is 4.48. The molecule has 6 N–H and O–H groups in total. The lowest BCUT2D eigenvalue weighted by molar-refractivity contribution is -0.409. The van der Waals surface area contributed by atoms with Gasteiger partial charge in [0.25, 0.3) is 0 Å². The monoisotopic (exact) mass is 203 g/mol. The number of hydrogen-bond acceptors (Lipinski definition) is 2. The summed E-state index contributed by atoms with van der Waals surface area (Å²) in [4.78, 5) is 16.2. The lowest BCUT2D eigenvalue weighted by atomic mass is 10.2. The average molecular weight is 203 g/mol. The maximum Gasteiger partial charge on any atom is 0.362 e. The largest absolute Gasteiger partial charge is 0.477 e. The molecule has 0 saturated heterocycles. The fourth-order valence-corrected chi connectivity index (χ4v) is 0.796. The molecule has 0 aliphatic heterocycles. The molecule has 0 spiro atoms. The quantitative estimate of drug-likeness (QED) is 0.282. The maximum atomic E-state index is 10.4. The molecular formula is C8H19N4O2+. The molecule has 1 atom stereocenters. The van der Waals surface area contributed by atoms with E-state index >= 15 is 0 Å². The smallest absolute Gasteiger partial charge is 0.362 e. The molecule has 0 aromatic carbocycles. The third-order valence-corrected chi connectivity index (χ3v) is 1.79. The van der Waals surface area contributed by atoms with E-state index in [2.05, 4.69) is 10.7 Å². The summed E-state index contributed by atoms with van der Waals surface area (Å²) < 4.78 is 0. The van der Waals surface area contributed by atoms with Gasteiger partial charge in [-0.15, -0.1) is 0 Å². The summed E-state index contributed by atoms with van der Waals surface area (Å²) in [6.45, 7) is 0.545. The van der Waals surface area contributed by atoms with Gasteiger partial charge in [0.1, 0.15) is 0 Å². The Balaban J connectivity index is 3.66. The van der Waals surface area contributed by atoms with E-state index < -0.39 is 12.0 Å². The van der Waals surface area contributed by atoms with Crippen LogP contribution in [0.2, 0.25) is 0 Å². The van der Waals surface area contributed by atoms with Crippen LogP contribution in [0, 0.1) is 0 Å². The number of carbonyl (C=O) groups is 1. The summed E-state index contributed by atoms with van der Waals surface area (Å²) in [5, 5.41) is 8.55. The molecule has 6 nitrogen and oxygen atoms in total. The van der Waals surface area contributed by atoms with E-state index in [9.17, 15) is 4.79 Å². The van der Waals surface area contributed by atoms with E-state index in [1.807, 2.05) is 0 Å². The summed E-state index contributed by atoms with van der Waals surface area (Å²) in [5.74, 6) is -0.407. The van der Waals surface area contributed by atoms with Gasteiger partial charge < -0.3 is 21.5 Å². The normalized spacial score (nSPS) is 13.8. The number of rotatable bonds is 5. The molecule has 0 aliphatic carbocycles. The number of carboxylic acids is 1. The van der Waals surface area contributed by atoms with E-state index in [4.69, 9.17) is 10.8 Å². The van der Waals surface area contributed by atoms with Gasteiger partial charge in [-0.05, 0) is 6.42 Å². The van der Waals surface area contributed by atoms with Crippen LogP contribution in [0.4, 0.5) is 0 Å². The highest BCUT2D eigenvalue weighted by atomic mass is 16.4. The SMILES string of the molecule is CN(C)C(N)=NCCC[C@H]([NH3+])C(=O)O. The van der Waals surface area contributed by atoms with Gasteiger partial charge in [-0.1, -0.05) is 0 Å². The molecule has 0 aromatic rings. The number of carboxylic acid groups (broad SMARTS) is 1. The second-order valence-electron chi connectivity index (χ2n) is 3.31. The summed E-state index contributed by atoms with van der Waals surface area (Å²) in [7, 11) is 3.61. The Morgan fingerprint density at radius 2 is 2.21 bits per heavy atom. The van der Waals surface area contributed by atoms with Crippen molar-refractivity contribution in [2.45, 2.75) is 18.9 Å². The molecule has 14 heavy (non-hydrogen) atoms. The van der Waals surface area contributed by atoms with Crippen molar-refractivity contribution in [1.29, 1.82) is 0 Å². The van der Waals surface area contributed by atoms with E-state index in [1.54, 1.807) is 19.0 Å². The molecule has 0 fully saturated rings. The minimum absolute atomic E-state index is 0.459. The number of guanidine groups is 1.